The van der Waals surface area contributed by atoms with Gasteiger partial charge in [0, 0.05) is 11.1 Å². The lowest BCUT2D eigenvalue weighted by molar-refractivity contribution is -0.128. The van der Waals surface area contributed by atoms with Crippen LogP contribution in [0.1, 0.15) is 55.8 Å². The lowest BCUT2D eigenvalue weighted by Crippen LogP contribution is -2.60. The van der Waals surface area contributed by atoms with E-state index in [0.717, 1.165) is 37.0 Å². The largest absolute Gasteiger partial charge is 0.484 e. The Labute approximate surface area is 143 Å². The van der Waals surface area contributed by atoms with Gasteiger partial charge in [0.05, 0.1) is 0 Å². The third-order valence-corrected chi connectivity index (χ3v) is 6.05. The van der Waals surface area contributed by atoms with Crippen LogP contribution in [0.5, 0.6) is 5.75 Å². The summed E-state index contributed by atoms with van der Waals surface area (Å²) in [5, 5.41) is 3.30. The van der Waals surface area contributed by atoms with Gasteiger partial charge in [-0.25, -0.2) is 0 Å². The van der Waals surface area contributed by atoms with Crippen molar-refractivity contribution in [2.75, 3.05) is 6.61 Å². The van der Waals surface area contributed by atoms with E-state index in [1.54, 1.807) is 24.3 Å². The standard InChI is InChI=1S/C20H25NO3/c1-13(22)17-3-2-4-18(8-17)24-12-19(23)21-20-9-14-5-15(10-20)7-16(6-14)11-20/h2-4,8,14-16H,5-7,9-12H2,1H3,(H,21,23). The van der Waals surface area contributed by atoms with Crippen LogP contribution in [0.3, 0.4) is 0 Å². The topological polar surface area (TPSA) is 55.4 Å². The van der Waals surface area contributed by atoms with Gasteiger partial charge in [-0.15, -0.1) is 0 Å². The minimum atomic E-state index is -0.0369. The molecule has 0 radical (unpaired) electrons. The summed E-state index contributed by atoms with van der Waals surface area (Å²) in [6.45, 7) is 1.54. The van der Waals surface area contributed by atoms with Gasteiger partial charge in [0.25, 0.3) is 5.91 Å². The number of carbonyl (C=O) groups is 2. The van der Waals surface area contributed by atoms with Gasteiger partial charge in [-0.1, -0.05) is 12.1 Å². The first-order valence-corrected chi connectivity index (χ1v) is 9.06. The second-order valence-electron chi connectivity index (χ2n) is 8.12. The van der Waals surface area contributed by atoms with Gasteiger partial charge < -0.3 is 10.1 Å². The average molecular weight is 327 g/mol. The number of amides is 1. The molecule has 0 unspecified atom stereocenters. The minimum Gasteiger partial charge on any atom is -0.484 e. The fraction of sp³-hybridized carbons (Fsp3) is 0.600. The van der Waals surface area contributed by atoms with Crippen LogP contribution in [0, 0.1) is 17.8 Å². The van der Waals surface area contributed by atoms with Crippen molar-refractivity contribution in [3.05, 3.63) is 29.8 Å². The molecule has 128 valence electrons. The SMILES string of the molecule is CC(=O)c1cccc(OCC(=O)NC23CC4CC(CC(C4)C2)C3)c1. The molecule has 4 nitrogen and oxygen atoms in total. The Balaban J connectivity index is 1.36. The highest BCUT2D eigenvalue weighted by Crippen LogP contribution is 2.55. The molecule has 0 aliphatic heterocycles. The van der Waals surface area contributed by atoms with Crippen LogP contribution >= 0.6 is 0 Å². The van der Waals surface area contributed by atoms with Gasteiger partial charge in [0.15, 0.2) is 12.4 Å². The second-order valence-corrected chi connectivity index (χ2v) is 8.12. The zero-order valence-electron chi connectivity index (χ0n) is 14.2. The van der Waals surface area contributed by atoms with E-state index in [1.165, 1.54) is 26.2 Å². The number of benzene rings is 1. The quantitative estimate of drug-likeness (QED) is 0.844. The molecule has 0 saturated heterocycles. The van der Waals surface area contributed by atoms with Crippen LogP contribution in [-0.4, -0.2) is 23.8 Å². The molecular formula is C20H25NO3. The molecule has 0 spiro atoms. The van der Waals surface area contributed by atoms with E-state index < -0.39 is 0 Å². The van der Waals surface area contributed by atoms with E-state index in [-0.39, 0.29) is 23.8 Å². The van der Waals surface area contributed by atoms with Gasteiger partial charge >= 0.3 is 0 Å². The predicted molar refractivity (Wildman–Crippen MR) is 91.0 cm³/mol. The monoisotopic (exact) mass is 327 g/mol. The van der Waals surface area contributed by atoms with E-state index in [1.807, 2.05) is 0 Å². The van der Waals surface area contributed by atoms with Crippen molar-refractivity contribution in [3.63, 3.8) is 0 Å². The Morgan fingerprint density at radius 3 is 2.33 bits per heavy atom. The Bertz CT molecular complexity index is 631. The van der Waals surface area contributed by atoms with Crippen molar-refractivity contribution >= 4 is 11.7 Å². The molecule has 4 aliphatic rings. The third kappa shape index (κ3) is 3.06. The van der Waals surface area contributed by atoms with E-state index in [4.69, 9.17) is 4.74 Å². The summed E-state index contributed by atoms with van der Waals surface area (Å²) < 4.78 is 5.61. The number of hydrogen-bond acceptors (Lipinski definition) is 3. The van der Waals surface area contributed by atoms with Gasteiger partial charge in [0.2, 0.25) is 0 Å². The van der Waals surface area contributed by atoms with E-state index in [0.29, 0.717) is 11.3 Å². The number of ether oxygens (including phenoxy) is 1. The molecule has 0 aromatic heterocycles. The Hall–Kier alpha value is -1.84. The molecular weight excluding hydrogens is 302 g/mol. The number of hydrogen-bond donors (Lipinski definition) is 1. The zero-order chi connectivity index (χ0) is 16.7. The summed E-state index contributed by atoms with van der Waals surface area (Å²) in [5.74, 6) is 2.96. The third-order valence-electron chi connectivity index (χ3n) is 6.05. The highest BCUT2D eigenvalue weighted by atomic mass is 16.5. The van der Waals surface area contributed by atoms with Crippen molar-refractivity contribution in [3.8, 4) is 5.75 Å². The van der Waals surface area contributed by atoms with Crippen LogP contribution in [-0.2, 0) is 4.79 Å². The summed E-state index contributed by atoms with van der Waals surface area (Å²) >= 11 is 0. The fourth-order valence-corrected chi connectivity index (χ4v) is 5.55. The molecule has 1 aromatic rings. The minimum absolute atomic E-state index is 0.00142. The van der Waals surface area contributed by atoms with Gasteiger partial charge in [-0.3, -0.25) is 9.59 Å². The molecule has 5 rings (SSSR count). The molecule has 4 bridgehead atoms. The van der Waals surface area contributed by atoms with Gasteiger partial charge in [-0.2, -0.15) is 0 Å². The first kappa shape index (κ1) is 15.7. The smallest absolute Gasteiger partial charge is 0.258 e. The number of rotatable bonds is 5. The Morgan fingerprint density at radius 1 is 1.12 bits per heavy atom. The van der Waals surface area contributed by atoms with Crippen molar-refractivity contribution in [1.82, 2.24) is 5.32 Å². The normalized spacial score (nSPS) is 33.3. The van der Waals surface area contributed by atoms with Crippen molar-refractivity contribution < 1.29 is 14.3 Å². The van der Waals surface area contributed by atoms with Crippen molar-refractivity contribution in [2.24, 2.45) is 17.8 Å². The van der Waals surface area contributed by atoms with Crippen LogP contribution in [0.25, 0.3) is 0 Å². The van der Waals surface area contributed by atoms with Gasteiger partial charge in [-0.05, 0) is 75.3 Å². The molecule has 24 heavy (non-hydrogen) atoms. The maximum Gasteiger partial charge on any atom is 0.258 e. The summed E-state index contributed by atoms with van der Waals surface area (Å²) in [6.07, 6.45) is 7.52. The van der Waals surface area contributed by atoms with Crippen LogP contribution in [0.4, 0.5) is 0 Å². The summed E-state index contributed by atoms with van der Waals surface area (Å²) in [4.78, 5) is 23.8. The van der Waals surface area contributed by atoms with Crippen molar-refractivity contribution in [1.29, 1.82) is 0 Å². The second kappa shape index (κ2) is 5.91. The van der Waals surface area contributed by atoms with E-state index in [2.05, 4.69) is 5.32 Å². The molecule has 4 heteroatoms. The summed E-state index contributed by atoms with van der Waals surface area (Å²) in [6, 6.07) is 7.01. The fourth-order valence-electron chi connectivity index (χ4n) is 5.55. The van der Waals surface area contributed by atoms with E-state index in [9.17, 15) is 9.59 Å². The number of Topliss-reactive ketones (excluding diaryl/α,β-unsaturated/α-hetero) is 1. The molecule has 1 N–H and O–H groups in total. The van der Waals surface area contributed by atoms with Gasteiger partial charge in [0.1, 0.15) is 5.75 Å². The highest BCUT2D eigenvalue weighted by Gasteiger charge is 2.51. The molecule has 4 saturated carbocycles. The lowest BCUT2D eigenvalue weighted by atomic mass is 9.53. The number of nitrogens with one attached hydrogen (secondary N) is 1. The molecule has 1 amide bonds. The lowest BCUT2D eigenvalue weighted by Gasteiger charge is -2.56. The van der Waals surface area contributed by atoms with Crippen LogP contribution < -0.4 is 10.1 Å². The Morgan fingerprint density at radius 2 is 1.75 bits per heavy atom. The average Bonchev–Trinajstić information content (AvgIpc) is 2.51. The summed E-state index contributed by atoms with van der Waals surface area (Å²) in [7, 11) is 0. The predicted octanol–water partition coefficient (Wildman–Crippen LogP) is 3.35. The number of carbonyl (C=O) groups excluding carboxylic acids is 2. The molecule has 0 heterocycles. The highest BCUT2D eigenvalue weighted by molar-refractivity contribution is 5.94. The molecule has 0 atom stereocenters. The van der Waals surface area contributed by atoms with E-state index >= 15 is 0 Å². The summed E-state index contributed by atoms with van der Waals surface area (Å²) in [5.41, 5.74) is 0.630. The maximum atomic E-state index is 12.4. The zero-order valence-corrected chi connectivity index (χ0v) is 14.2. The number of ketones is 1. The Kier molecular flexibility index (Phi) is 3.86. The van der Waals surface area contributed by atoms with Crippen molar-refractivity contribution in [2.45, 2.75) is 51.0 Å². The first-order chi connectivity index (χ1) is 11.5. The van der Waals surface area contributed by atoms with Crippen LogP contribution in [0.15, 0.2) is 24.3 Å². The first-order valence-electron chi connectivity index (χ1n) is 9.06. The molecule has 4 fully saturated rings. The molecule has 1 aromatic carbocycles. The van der Waals surface area contributed by atoms with Crippen LogP contribution in [0.2, 0.25) is 0 Å². The molecule has 4 aliphatic carbocycles. The maximum absolute atomic E-state index is 12.4.